The fourth-order valence-corrected chi connectivity index (χ4v) is 2.15. The van der Waals surface area contributed by atoms with Gasteiger partial charge in [0.15, 0.2) is 12.4 Å². The second-order valence-electron chi connectivity index (χ2n) is 3.95. The maximum atomic E-state index is 10.9. The molecule has 0 heterocycles. The van der Waals surface area contributed by atoms with Gasteiger partial charge in [-0.1, -0.05) is 18.2 Å². The van der Waals surface area contributed by atoms with E-state index >= 15 is 0 Å². The van der Waals surface area contributed by atoms with E-state index in [1.807, 2.05) is 6.07 Å². The van der Waals surface area contributed by atoms with Gasteiger partial charge in [-0.3, -0.25) is 8.98 Å². The molecule has 100 valence electrons. The number of carbonyl (C=O) groups excluding carboxylic acids is 1. The summed E-state index contributed by atoms with van der Waals surface area (Å²) in [6, 6.07) is 8.84. The molecule has 1 aromatic carbocycles. The molecule has 0 bridgehead atoms. The topological polar surface area (TPSA) is 69.7 Å². The number of hydrogen-bond donors (Lipinski definition) is 0. The van der Waals surface area contributed by atoms with Crippen molar-refractivity contribution in [1.29, 1.82) is 0 Å². The molecule has 5 nitrogen and oxygen atoms in total. The van der Waals surface area contributed by atoms with Crippen molar-refractivity contribution in [1.82, 2.24) is 0 Å². The Morgan fingerprint density at radius 3 is 2.39 bits per heavy atom. The second-order valence-corrected chi connectivity index (χ2v) is 5.55. The number of ether oxygens (including phenoxy) is 1. The lowest BCUT2D eigenvalue weighted by Gasteiger charge is -2.17. The Kier molecular flexibility index (Phi) is 5.30. The molecule has 0 radical (unpaired) electrons. The van der Waals surface area contributed by atoms with Gasteiger partial charge in [0.05, 0.1) is 12.4 Å². The summed E-state index contributed by atoms with van der Waals surface area (Å²) < 4.78 is 32.0. The van der Waals surface area contributed by atoms with Crippen molar-refractivity contribution in [2.45, 2.75) is 25.6 Å². The SMILES string of the molecule is CC(CC(C=O)Oc1ccccc1)OS(C)(=O)=O. The van der Waals surface area contributed by atoms with Crippen molar-refractivity contribution in [3.63, 3.8) is 0 Å². The van der Waals surface area contributed by atoms with E-state index in [0.29, 0.717) is 12.0 Å². The highest BCUT2D eigenvalue weighted by Crippen LogP contribution is 2.14. The zero-order valence-electron chi connectivity index (χ0n) is 10.3. The predicted molar refractivity (Wildman–Crippen MR) is 66.9 cm³/mol. The van der Waals surface area contributed by atoms with Crippen LogP contribution in [0.4, 0.5) is 0 Å². The normalized spacial score (nSPS) is 14.8. The molecule has 0 aliphatic heterocycles. The van der Waals surface area contributed by atoms with Crippen molar-refractivity contribution in [3.05, 3.63) is 30.3 Å². The molecule has 6 heteroatoms. The Balaban J connectivity index is 2.55. The van der Waals surface area contributed by atoms with Gasteiger partial charge in [0.25, 0.3) is 10.1 Å². The monoisotopic (exact) mass is 272 g/mol. The van der Waals surface area contributed by atoms with Crippen LogP contribution in [0.25, 0.3) is 0 Å². The zero-order chi connectivity index (χ0) is 13.6. The average Bonchev–Trinajstić information content (AvgIpc) is 2.27. The third kappa shape index (κ3) is 5.79. The minimum atomic E-state index is -3.52. The molecule has 0 aliphatic rings. The fraction of sp³-hybridized carbons (Fsp3) is 0.417. The van der Waals surface area contributed by atoms with E-state index in [0.717, 1.165) is 6.26 Å². The second kappa shape index (κ2) is 6.51. The standard InChI is InChI=1S/C12H16O5S/c1-10(17-18(2,14)15)8-12(9-13)16-11-6-4-3-5-7-11/h3-7,9-10,12H,8H2,1-2H3. The summed E-state index contributed by atoms with van der Waals surface area (Å²) in [6.07, 6.45) is 0.431. The molecular formula is C12H16O5S. The summed E-state index contributed by atoms with van der Waals surface area (Å²) >= 11 is 0. The first-order chi connectivity index (χ1) is 8.40. The van der Waals surface area contributed by atoms with E-state index in [2.05, 4.69) is 0 Å². The van der Waals surface area contributed by atoms with Gasteiger partial charge in [-0.2, -0.15) is 8.42 Å². The summed E-state index contributed by atoms with van der Waals surface area (Å²) in [4.78, 5) is 10.9. The van der Waals surface area contributed by atoms with Gasteiger partial charge in [0, 0.05) is 6.42 Å². The average molecular weight is 272 g/mol. The third-order valence-corrected chi connectivity index (χ3v) is 2.76. The van der Waals surface area contributed by atoms with E-state index in [9.17, 15) is 13.2 Å². The van der Waals surface area contributed by atoms with Crippen LogP contribution < -0.4 is 4.74 Å². The maximum Gasteiger partial charge on any atom is 0.264 e. The summed E-state index contributed by atoms with van der Waals surface area (Å²) in [5, 5.41) is 0. The number of aldehydes is 1. The first kappa shape index (κ1) is 14.7. The Hall–Kier alpha value is -1.40. The summed E-state index contributed by atoms with van der Waals surface area (Å²) in [5.74, 6) is 0.557. The van der Waals surface area contributed by atoms with Crippen LogP contribution in [0.1, 0.15) is 13.3 Å². The van der Waals surface area contributed by atoms with Crippen LogP contribution in [0.2, 0.25) is 0 Å². The van der Waals surface area contributed by atoms with Crippen LogP contribution in [0, 0.1) is 0 Å². The van der Waals surface area contributed by atoms with E-state index in [1.165, 1.54) is 0 Å². The minimum Gasteiger partial charge on any atom is -0.483 e. The van der Waals surface area contributed by atoms with Crippen LogP contribution in [0.3, 0.4) is 0 Å². The summed E-state index contributed by atoms with van der Waals surface area (Å²) in [5.41, 5.74) is 0. The van der Waals surface area contributed by atoms with Gasteiger partial charge >= 0.3 is 0 Å². The van der Waals surface area contributed by atoms with Gasteiger partial charge in [0.2, 0.25) is 0 Å². The molecule has 0 N–H and O–H groups in total. The Bertz CT molecular complexity index is 469. The lowest BCUT2D eigenvalue weighted by Crippen LogP contribution is -2.26. The molecule has 0 saturated heterocycles. The van der Waals surface area contributed by atoms with Crippen LogP contribution >= 0.6 is 0 Å². The van der Waals surface area contributed by atoms with Gasteiger partial charge in [0.1, 0.15) is 5.75 Å². The third-order valence-electron chi connectivity index (χ3n) is 2.09. The van der Waals surface area contributed by atoms with E-state index in [4.69, 9.17) is 8.92 Å². The van der Waals surface area contributed by atoms with Crippen molar-refractivity contribution in [2.75, 3.05) is 6.26 Å². The van der Waals surface area contributed by atoms with E-state index < -0.39 is 22.3 Å². The fourth-order valence-electron chi connectivity index (χ4n) is 1.47. The van der Waals surface area contributed by atoms with Gasteiger partial charge in [-0.15, -0.1) is 0 Å². The van der Waals surface area contributed by atoms with Crippen LogP contribution in [0.5, 0.6) is 5.75 Å². The van der Waals surface area contributed by atoms with Crippen LogP contribution in [-0.2, 0) is 19.1 Å². The van der Waals surface area contributed by atoms with E-state index in [1.54, 1.807) is 31.2 Å². The Morgan fingerprint density at radius 2 is 1.89 bits per heavy atom. The molecule has 1 aromatic rings. The largest absolute Gasteiger partial charge is 0.483 e. The highest BCUT2D eigenvalue weighted by atomic mass is 32.2. The molecule has 2 atom stereocenters. The molecule has 0 aliphatic carbocycles. The van der Waals surface area contributed by atoms with Crippen molar-refractivity contribution in [2.24, 2.45) is 0 Å². The number of hydrogen-bond acceptors (Lipinski definition) is 5. The minimum absolute atomic E-state index is 0.172. The summed E-state index contributed by atoms with van der Waals surface area (Å²) in [7, 11) is -3.52. The lowest BCUT2D eigenvalue weighted by molar-refractivity contribution is -0.114. The number of rotatable bonds is 7. The number of benzene rings is 1. The van der Waals surface area contributed by atoms with E-state index in [-0.39, 0.29) is 6.42 Å². The van der Waals surface area contributed by atoms with Crippen LogP contribution in [-0.4, -0.2) is 33.2 Å². The molecule has 18 heavy (non-hydrogen) atoms. The molecule has 0 saturated carbocycles. The Labute approximate surface area is 107 Å². The predicted octanol–water partition coefficient (Wildman–Crippen LogP) is 1.39. The Morgan fingerprint density at radius 1 is 1.28 bits per heavy atom. The smallest absolute Gasteiger partial charge is 0.264 e. The van der Waals surface area contributed by atoms with Crippen molar-refractivity contribution >= 4 is 16.4 Å². The van der Waals surface area contributed by atoms with Crippen molar-refractivity contribution in [3.8, 4) is 5.75 Å². The quantitative estimate of drug-likeness (QED) is 0.554. The van der Waals surface area contributed by atoms with Crippen LogP contribution in [0.15, 0.2) is 30.3 Å². The highest BCUT2D eigenvalue weighted by Gasteiger charge is 2.18. The number of carbonyl (C=O) groups is 1. The van der Waals surface area contributed by atoms with Gasteiger partial charge in [-0.05, 0) is 19.1 Å². The summed E-state index contributed by atoms with van der Waals surface area (Å²) in [6.45, 7) is 1.58. The molecule has 0 amide bonds. The highest BCUT2D eigenvalue weighted by molar-refractivity contribution is 7.86. The van der Waals surface area contributed by atoms with Gasteiger partial charge < -0.3 is 4.74 Å². The molecule has 1 rings (SSSR count). The number of para-hydroxylation sites is 1. The maximum absolute atomic E-state index is 10.9. The molecule has 0 aromatic heterocycles. The first-order valence-electron chi connectivity index (χ1n) is 5.46. The molecule has 0 fully saturated rings. The van der Waals surface area contributed by atoms with Crippen molar-refractivity contribution < 1.29 is 22.1 Å². The molecule has 2 unspecified atom stereocenters. The van der Waals surface area contributed by atoms with Gasteiger partial charge in [-0.25, -0.2) is 0 Å². The molecule has 0 spiro atoms. The first-order valence-corrected chi connectivity index (χ1v) is 7.27. The zero-order valence-corrected chi connectivity index (χ0v) is 11.1. The lowest BCUT2D eigenvalue weighted by atomic mass is 10.2. The molecular weight excluding hydrogens is 256 g/mol.